The molecule has 4 amide bonds. The Morgan fingerprint density at radius 2 is 1.43 bits per heavy atom. The highest BCUT2D eigenvalue weighted by Gasteiger charge is 2.51. The van der Waals surface area contributed by atoms with E-state index in [0.717, 1.165) is 46.7 Å². The van der Waals surface area contributed by atoms with Crippen molar-refractivity contribution in [2.45, 2.75) is 128 Å². The van der Waals surface area contributed by atoms with Crippen molar-refractivity contribution in [2.24, 2.45) is 0 Å². The Labute approximate surface area is 332 Å². The van der Waals surface area contributed by atoms with E-state index in [4.69, 9.17) is 0 Å². The van der Waals surface area contributed by atoms with Crippen molar-refractivity contribution in [2.75, 3.05) is 6.54 Å². The van der Waals surface area contributed by atoms with Gasteiger partial charge in [-0.05, 0) is 52.4 Å². The van der Waals surface area contributed by atoms with Crippen molar-refractivity contribution in [3.8, 4) is 5.75 Å². The van der Waals surface area contributed by atoms with Gasteiger partial charge < -0.3 is 20.2 Å². The fourth-order valence-corrected chi connectivity index (χ4v) is 8.44. The molecule has 2 saturated heterocycles. The summed E-state index contributed by atoms with van der Waals surface area (Å²) in [5, 5.41) is 15.2. The molecule has 0 aliphatic carbocycles. The number of nitrogens with zero attached hydrogens (tertiary/aromatic N) is 3. The normalized spacial score (nSPS) is 18.3. The number of carbonyl (C=O) groups is 4. The molecule has 4 aromatic rings. The molecule has 0 radical (unpaired) electrons. The van der Waals surface area contributed by atoms with Gasteiger partial charge >= 0.3 is 6.03 Å². The van der Waals surface area contributed by atoms with Gasteiger partial charge in [-0.1, -0.05) is 143 Å². The lowest BCUT2D eigenvalue weighted by molar-refractivity contribution is -0.171. The minimum atomic E-state index is -0.862. The van der Waals surface area contributed by atoms with Gasteiger partial charge in [-0.2, -0.15) is 0 Å². The van der Waals surface area contributed by atoms with Crippen LogP contribution in [0.1, 0.15) is 107 Å². The first-order valence-corrected chi connectivity index (χ1v) is 20.8. The number of hydrogen-bond donors (Lipinski definition) is 2. The minimum absolute atomic E-state index is 0.0310. The van der Waals surface area contributed by atoms with E-state index in [1.807, 2.05) is 66.7 Å². The number of carbonyl (C=O) groups excluding carboxylic acids is 4. The van der Waals surface area contributed by atoms with E-state index in [9.17, 15) is 24.3 Å². The van der Waals surface area contributed by atoms with E-state index >= 15 is 0 Å². The molecule has 2 aliphatic rings. The number of phenolic OH excluding ortho intramolecular Hbond substituents is 1. The third kappa shape index (κ3) is 10.6. The molecule has 0 aromatic heterocycles. The first-order valence-electron chi connectivity index (χ1n) is 20.8. The van der Waals surface area contributed by atoms with Crippen molar-refractivity contribution in [3.63, 3.8) is 0 Å². The largest absolute Gasteiger partial charge is 0.508 e. The van der Waals surface area contributed by atoms with Crippen LogP contribution in [0, 0.1) is 0 Å². The molecule has 9 nitrogen and oxygen atoms in total. The van der Waals surface area contributed by atoms with Gasteiger partial charge in [0.2, 0.25) is 11.8 Å². The lowest BCUT2D eigenvalue weighted by atomic mass is 9.92. The smallest absolute Gasteiger partial charge is 0.319 e. The second kappa shape index (κ2) is 20.1. The molecule has 6 rings (SSSR count). The maximum Gasteiger partial charge on any atom is 0.319 e. The SMILES string of the molecule is CCCCCCCCCCCC(=O)CC[C@@H]1CC(=O)N2[C@H](CN(Cc3cccc4ccccc34)C(=O)[C@@H]2Cc2ccc(O)cc2)N1C(=O)NCc1ccccc1. The fourth-order valence-electron chi connectivity index (χ4n) is 8.44. The van der Waals surface area contributed by atoms with E-state index in [2.05, 4.69) is 18.3 Å². The minimum Gasteiger partial charge on any atom is -0.508 e. The predicted molar refractivity (Wildman–Crippen MR) is 221 cm³/mol. The van der Waals surface area contributed by atoms with E-state index in [1.54, 1.807) is 39.0 Å². The van der Waals surface area contributed by atoms with Crippen LogP contribution in [0.2, 0.25) is 0 Å². The summed E-state index contributed by atoms with van der Waals surface area (Å²) >= 11 is 0. The maximum atomic E-state index is 14.6. The van der Waals surface area contributed by atoms with Gasteiger partial charge in [0, 0.05) is 44.8 Å². The quantitative estimate of drug-likeness (QED) is 0.0929. The zero-order valence-electron chi connectivity index (χ0n) is 32.9. The number of benzene rings is 4. The van der Waals surface area contributed by atoms with Crippen LogP contribution in [0.3, 0.4) is 0 Å². The summed E-state index contributed by atoms with van der Waals surface area (Å²) in [7, 11) is 0. The molecule has 0 saturated carbocycles. The molecule has 56 heavy (non-hydrogen) atoms. The number of piperazine rings is 1. The van der Waals surface area contributed by atoms with Gasteiger partial charge in [0.1, 0.15) is 23.7 Å². The van der Waals surface area contributed by atoms with Crippen molar-refractivity contribution < 1.29 is 24.3 Å². The van der Waals surface area contributed by atoms with Crippen LogP contribution < -0.4 is 5.32 Å². The maximum absolute atomic E-state index is 14.6. The number of phenols is 1. The molecule has 2 fully saturated rings. The molecule has 2 aliphatic heterocycles. The lowest BCUT2D eigenvalue weighted by Crippen LogP contribution is -2.74. The Morgan fingerprint density at radius 1 is 0.750 bits per heavy atom. The zero-order chi connectivity index (χ0) is 39.3. The fraction of sp³-hybridized carbons (Fsp3) is 0.447. The van der Waals surface area contributed by atoms with Crippen LogP contribution in [0.15, 0.2) is 97.1 Å². The third-order valence-corrected chi connectivity index (χ3v) is 11.5. The van der Waals surface area contributed by atoms with Crippen LogP contribution in [-0.4, -0.2) is 68.2 Å². The van der Waals surface area contributed by atoms with Crippen molar-refractivity contribution in [1.29, 1.82) is 0 Å². The topological polar surface area (TPSA) is 110 Å². The molecule has 2 heterocycles. The highest BCUT2D eigenvalue weighted by molar-refractivity contribution is 5.92. The van der Waals surface area contributed by atoms with E-state index in [1.165, 1.54) is 38.5 Å². The molecule has 2 N–H and O–H groups in total. The van der Waals surface area contributed by atoms with E-state index in [-0.39, 0.29) is 48.8 Å². The molecule has 296 valence electrons. The second-order valence-corrected chi connectivity index (χ2v) is 15.6. The first kappa shape index (κ1) is 40.5. The highest BCUT2D eigenvalue weighted by atomic mass is 16.3. The number of hydrogen-bond acceptors (Lipinski definition) is 5. The first-order chi connectivity index (χ1) is 27.3. The molecule has 0 spiro atoms. The van der Waals surface area contributed by atoms with Gasteiger partial charge in [0.05, 0.1) is 6.54 Å². The third-order valence-electron chi connectivity index (χ3n) is 11.5. The Bertz CT molecular complexity index is 1910. The Morgan fingerprint density at radius 3 is 2.18 bits per heavy atom. The summed E-state index contributed by atoms with van der Waals surface area (Å²) in [4.78, 5) is 61.7. The number of unbranched alkanes of at least 4 members (excludes halogenated alkanes) is 8. The highest BCUT2D eigenvalue weighted by Crippen LogP contribution is 2.34. The number of urea groups is 1. The lowest BCUT2D eigenvalue weighted by Gasteiger charge is -2.54. The Kier molecular flexibility index (Phi) is 14.5. The van der Waals surface area contributed by atoms with Gasteiger partial charge in [-0.25, -0.2) is 4.79 Å². The van der Waals surface area contributed by atoms with Crippen LogP contribution in [0.25, 0.3) is 10.8 Å². The van der Waals surface area contributed by atoms with Gasteiger partial charge in [0.15, 0.2) is 0 Å². The predicted octanol–water partition coefficient (Wildman–Crippen LogP) is 8.91. The number of rotatable bonds is 19. The average molecular weight is 759 g/mol. The number of aromatic hydroxyl groups is 1. The molecule has 0 unspecified atom stereocenters. The molecular formula is C47H58N4O5. The molecule has 0 bridgehead atoms. The molecule has 9 heteroatoms. The summed E-state index contributed by atoms with van der Waals surface area (Å²) in [6.45, 7) is 2.98. The summed E-state index contributed by atoms with van der Waals surface area (Å²) in [6, 6.07) is 28.8. The van der Waals surface area contributed by atoms with Crippen molar-refractivity contribution in [3.05, 3.63) is 114 Å². The monoisotopic (exact) mass is 758 g/mol. The second-order valence-electron chi connectivity index (χ2n) is 15.6. The summed E-state index contributed by atoms with van der Waals surface area (Å²) < 4.78 is 0. The summed E-state index contributed by atoms with van der Waals surface area (Å²) in [5.41, 5.74) is 2.72. The van der Waals surface area contributed by atoms with E-state index < -0.39 is 18.2 Å². The number of ketones is 1. The number of nitrogens with one attached hydrogen (secondary N) is 1. The molecule has 4 aromatic carbocycles. The van der Waals surface area contributed by atoms with Crippen LogP contribution in [0.4, 0.5) is 4.79 Å². The van der Waals surface area contributed by atoms with Gasteiger partial charge in [-0.15, -0.1) is 0 Å². The number of Topliss-reactive ketones (excluding diaryl/α,β-unsaturated/α-hetero) is 1. The molecular weight excluding hydrogens is 701 g/mol. The standard InChI is InChI=1S/C47H58N4O5/c1-2-3-4-5-6-7-8-9-13-22-40(52)29-26-39-31-45(54)51-43(30-35-24-27-41(53)28-25-35)46(55)49(33-38-21-16-20-37-19-14-15-23-42(37)38)34-44(51)50(39)47(56)48-32-36-17-11-10-12-18-36/h10-12,14-21,23-25,27-28,39,43-44,53H,2-9,13,22,26,29-34H2,1H3,(H,48,56)/t39-,43+,44-/m1/s1. The van der Waals surface area contributed by atoms with E-state index in [0.29, 0.717) is 32.4 Å². The number of amides is 4. The number of fused-ring (bicyclic) bond motifs is 2. The van der Waals surface area contributed by atoms with Crippen molar-refractivity contribution >= 4 is 34.4 Å². The average Bonchev–Trinajstić information content (AvgIpc) is 3.21. The van der Waals surface area contributed by atoms with Crippen LogP contribution in [-0.2, 0) is 33.9 Å². The zero-order valence-corrected chi connectivity index (χ0v) is 32.9. The van der Waals surface area contributed by atoms with Crippen LogP contribution >= 0.6 is 0 Å². The Hall–Kier alpha value is -5.18. The van der Waals surface area contributed by atoms with Gasteiger partial charge in [0.25, 0.3) is 0 Å². The van der Waals surface area contributed by atoms with Crippen molar-refractivity contribution in [1.82, 2.24) is 20.0 Å². The van der Waals surface area contributed by atoms with Crippen LogP contribution in [0.5, 0.6) is 5.75 Å². The molecule has 3 atom stereocenters. The Balaban J connectivity index is 1.23. The van der Waals surface area contributed by atoms with Gasteiger partial charge in [-0.3, -0.25) is 19.3 Å². The summed E-state index contributed by atoms with van der Waals surface area (Å²) in [5.74, 6) is -0.103. The summed E-state index contributed by atoms with van der Waals surface area (Å²) in [6.07, 6.45) is 11.3.